The highest BCUT2D eigenvalue weighted by Crippen LogP contribution is 2.40. The number of hydrogen-bond acceptors (Lipinski definition) is 6. The Balaban J connectivity index is 1.17. The number of rotatable bonds is 12. The Morgan fingerprint density at radius 3 is 1.96 bits per heavy atom. The first kappa shape index (κ1) is 39.7. The molecule has 2 aromatic rings. The van der Waals surface area contributed by atoms with Gasteiger partial charge in [-0.05, 0) is 92.8 Å². The lowest BCUT2D eigenvalue weighted by Gasteiger charge is -2.39. The summed E-state index contributed by atoms with van der Waals surface area (Å²) in [6, 6.07) is 18.5. The van der Waals surface area contributed by atoms with Crippen molar-refractivity contribution < 1.29 is 32.3 Å². The molecule has 53 heavy (non-hydrogen) atoms. The van der Waals surface area contributed by atoms with Gasteiger partial charge in [-0.1, -0.05) is 67.6 Å². The van der Waals surface area contributed by atoms with E-state index in [2.05, 4.69) is 12.2 Å². The van der Waals surface area contributed by atoms with E-state index in [-0.39, 0.29) is 60.1 Å². The average Bonchev–Trinajstić information content (AvgIpc) is 3.39. The molecule has 2 aromatic carbocycles. The van der Waals surface area contributed by atoms with Crippen molar-refractivity contribution >= 4 is 47.0 Å². The number of alkyl halides is 3. The van der Waals surface area contributed by atoms with Crippen molar-refractivity contribution in [2.75, 3.05) is 24.6 Å². The molecule has 4 saturated heterocycles. The Labute approximate surface area is 320 Å². The normalized spacial score (nSPS) is 27.8. The standard InChI is InChI=1S/C41H52F3N3O4S2/c1-27-12-16-36-46(25-27)39(50)32(18-20-52-36)24-35(48)30(22-28-8-4-2-5-9-28)13-14-31(23-29-10-6-3-7-11-29)38(49)45-34-19-21-53-37-17-15-33(41(42,43)44)26-47(37)40(34)51/h2-11,27,30-34,36-37H,12-26H2,1H3,(H,45,49)/t27-,30-,31-,32-,33-,34+,36+,37+/m1/s1. The van der Waals surface area contributed by atoms with Crippen molar-refractivity contribution in [1.29, 1.82) is 0 Å². The number of nitrogens with zero attached hydrogens (tertiary/aromatic N) is 2. The number of fused-ring (bicyclic) bond motifs is 2. The van der Waals surface area contributed by atoms with Gasteiger partial charge in [0, 0.05) is 37.3 Å². The van der Waals surface area contributed by atoms with Gasteiger partial charge in [-0.15, -0.1) is 23.5 Å². The minimum atomic E-state index is -4.38. The van der Waals surface area contributed by atoms with Crippen LogP contribution in [0.4, 0.5) is 13.2 Å². The van der Waals surface area contributed by atoms with Crippen molar-refractivity contribution in [2.45, 2.75) is 101 Å². The SMILES string of the molecule is C[C@@H]1CC[C@@H]2SCC[C@H](CC(=O)[C@H](CC[C@H](Cc3ccccc3)C(=O)N[C@H]3CCS[C@H]4CC[C@@H](C(F)(F)F)CN4C3=O)Cc3ccccc3)C(=O)N2C1. The van der Waals surface area contributed by atoms with Crippen molar-refractivity contribution in [3.8, 4) is 0 Å². The van der Waals surface area contributed by atoms with Crippen molar-refractivity contribution in [3.05, 3.63) is 71.8 Å². The molecule has 3 amide bonds. The molecule has 0 aromatic heterocycles. The number of piperidine rings is 2. The maximum Gasteiger partial charge on any atom is 0.393 e. The van der Waals surface area contributed by atoms with Gasteiger partial charge in [-0.25, -0.2) is 0 Å². The molecule has 0 spiro atoms. The smallest absolute Gasteiger partial charge is 0.344 e. The summed E-state index contributed by atoms with van der Waals surface area (Å²) in [5.41, 5.74) is 1.95. The first-order valence-electron chi connectivity index (χ1n) is 19.3. The number of nitrogens with one attached hydrogen (secondary N) is 1. The van der Waals surface area contributed by atoms with E-state index < -0.39 is 35.9 Å². The van der Waals surface area contributed by atoms with Crippen LogP contribution in [-0.4, -0.2) is 80.9 Å². The third kappa shape index (κ3) is 10.4. The van der Waals surface area contributed by atoms with E-state index in [1.807, 2.05) is 77.3 Å². The van der Waals surface area contributed by atoms with Gasteiger partial charge in [-0.2, -0.15) is 13.2 Å². The van der Waals surface area contributed by atoms with Crippen molar-refractivity contribution in [1.82, 2.24) is 15.1 Å². The Kier molecular flexibility index (Phi) is 13.6. The molecule has 4 fully saturated rings. The zero-order chi connectivity index (χ0) is 37.5. The highest BCUT2D eigenvalue weighted by molar-refractivity contribution is 8.00. The number of hydrogen-bond donors (Lipinski definition) is 1. The number of halogens is 3. The average molecular weight is 772 g/mol. The van der Waals surface area contributed by atoms with Crippen LogP contribution < -0.4 is 5.32 Å². The third-order valence-electron chi connectivity index (χ3n) is 11.6. The second-order valence-electron chi connectivity index (χ2n) is 15.5. The van der Waals surface area contributed by atoms with Crippen LogP contribution >= 0.6 is 23.5 Å². The van der Waals surface area contributed by atoms with Gasteiger partial charge in [-0.3, -0.25) is 19.2 Å². The summed E-state index contributed by atoms with van der Waals surface area (Å²) in [6.07, 6.45) is 0.853. The van der Waals surface area contributed by atoms with Crippen LogP contribution in [0.15, 0.2) is 60.7 Å². The van der Waals surface area contributed by atoms with Gasteiger partial charge in [0.05, 0.1) is 16.7 Å². The number of carbonyl (C=O) groups is 4. The highest BCUT2D eigenvalue weighted by atomic mass is 32.2. The van der Waals surface area contributed by atoms with E-state index in [0.29, 0.717) is 50.2 Å². The zero-order valence-corrected chi connectivity index (χ0v) is 32.1. The molecule has 4 heterocycles. The van der Waals surface area contributed by atoms with Gasteiger partial charge < -0.3 is 15.1 Å². The molecule has 0 unspecified atom stereocenters. The lowest BCUT2D eigenvalue weighted by atomic mass is 9.82. The minimum absolute atomic E-state index is 0.00413. The van der Waals surface area contributed by atoms with Crippen LogP contribution in [0.25, 0.3) is 0 Å². The van der Waals surface area contributed by atoms with Crippen LogP contribution in [0.3, 0.4) is 0 Å². The van der Waals surface area contributed by atoms with Crippen LogP contribution in [0.5, 0.6) is 0 Å². The molecular weight excluding hydrogens is 720 g/mol. The van der Waals surface area contributed by atoms with E-state index in [4.69, 9.17) is 0 Å². The largest absolute Gasteiger partial charge is 0.393 e. The lowest BCUT2D eigenvalue weighted by Crippen LogP contribution is -2.55. The molecule has 8 atom stereocenters. The number of thioether (sulfide) groups is 2. The minimum Gasteiger partial charge on any atom is -0.344 e. The Hall–Kier alpha value is -2.99. The number of carbonyl (C=O) groups excluding carboxylic acids is 4. The molecule has 6 rings (SSSR count). The summed E-state index contributed by atoms with van der Waals surface area (Å²) in [6.45, 7) is 2.52. The Morgan fingerprint density at radius 2 is 1.32 bits per heavy atom. The van der Waals surface area contributed by atoms with Crippen LogP contribution in [0, 0.1) is 29.6 Å². The quantitative estimate of drug-likeness (QED) is 0.240. The molecule has 0 saturated carbocycles. The second-order valence-corrected chi connectivity index (χ2v) is 18.1. The lowest BCUT2D eigenvalue weighted by molar-refractivity contribution is -0.189. The first-order valence-corrected chi connectivity index (χ1v) is 21.4. The number of Topliss-reactive ketones (excluding diaryl/α,β-unsaturated/α-hetero) is 1. The van der Waals surface area contributed by atoms with Crippen molar-refractivity contribution in [3.63, 3.8) is 0 Å². The van der Waals surface area contributed by atoms with E-state index >= 15 is 0 Å². The third-order valence-corrected chi connectivity index (χ3v) is 14.3. The molecule has 0 aliphatic carbocycles. The monoisotopic (exact) mass is 771 g/mol. The highest BCUT2D eigenvalue weighted by Gasteiger charge is 2.47. The Bertz CT molecular complexity index is 1560. The summed E-state index contributed by atoms with van der Waals surface area (Å²) in [5, 5.41) is 2.82. The first-order chi connectivity index (χ1) is 25.5. The number of benzene rings is 2. The zero-order valence-electron chi connectivity index (χ0n) is 30.5. The molecular formula is C41H52F3N3O4S2. The summed E-state index contributed by atoms with van der Waals surface area (Å²) >= 11 is 3.31. The molecule has 4 aliphatic rings. The maximum atomic E-state index is 14.3. The number of ketones is 1. The Morgan fingerprint density at radius 1 is 0.755 bits per heavy atom. The van der Waals surface area contributed by atoms with Gasteiger partial charge in [0.15, 0.2) is 0 Å². The van der Waals surface area contributed by atoms with Crippen LogP contribution in [0.2, 0.25) is 0 Å². The van der Waals surface area contributed by atoms with Crippen molar-refractivity contribution in [2.24, 2.45) is 29.6 Å². The summed E-state index contributed by atoms with van der Waals surface area (Å²) in [4.78, 5) is 59.3. The van der Waals surface area contributed by atoms with Gasteiger partial charge >= 0.3 is 6.18 Å². The fourth-order valence-electron chi connectivity index (χ4n) is 8.43. The summed E-state index contributed by atoms with van der Waals surface area (Å²) < 4.78 is 41.1. The van der Waals surface area contributed by atoms with Crippen LogP contribution in [0.1, 0.15) is 75.8 Å². The number of amides is 3. The topological polar surface area (TPSA) is 86.8 Å². The fraction of sp³-hybridized carbons (Fsp3) is 0.610. The second kappa shape index (κ2) is 18.1. The van der Waals surface area contributed by atoms with Gasteiger partial charge in [0.2, 0.25) is 17.7 Å². The molecule has 0 bridgehead atoms. The molecule has 4 aliphatic heterocycles. The summed E-state index contributed by atoms with van der Waals surface area (Å²) in [7, 11) is 0. The van der Waals surface area contributed by atoms with Gasteiger partial charge in [0.25, 0.3) is 0 Å². The molecule has 12 heteroatoms. The van der Waals surface area contributed by atoms with Crippen LogP contribution in [-0.2, 0) is 32.0 Å². The van der Waals surface area contributed by atoms with E-state index in [0.717, 1.165) is 36.3 Å². The molecule has 7 nitrogen and oxygen atoms in total. The molecule has 1 N–H and O–H groups in total. The predicted octanol–water partition coefficient (Wildman–Crippen LogP) is 7.53. The molecule has 0 radical (unpaired) electrons. The van der Waals surface area contributed by atoms with E-state index in [1.54, 1.807) is 0 Å². The maximum absolute atomic E-state index is 14.3. The van der Waals surface area contributed by atoms with E-state index in [9.17, 15) is 32.3 Å². The summed E-state index contributed by atoms with van der Waals surface area (Å²) in [5.74, 6) is -1.73. The van der Waals surface area contributed by atoms with E-state index in [1.165, 1.54) is 16.7 Å². The fourth-order valence-corrected chi connectivity index (χ4v) is 11.1. The molecule has 288 valence electrons. The van der Waals surface area contributed by atoms with Gasteiger partial charge in [0.1, 0.15) is 11.8 Å². The predicted molar refractivity (Wildman–Crippen MR) is 204 cm³/mol.